The van der Waals surface area contributed by atoms with Gasteiger partial charge in [0, 0.05) is 19.6 Å². The first-order valence-electron chi connectivity index (χ1n) is 7.75. The number of aryl methyl sites for hydroxylation is 1. The molecule has 0 saturated heterocycles. The van der Waals surface area contributed by atoms with Crippen LogP contribution in [0.4, 0.5) is 0 Å². The summed E-state index contributed by atoms with van der Waals surface area (Å²) >= 11 is 6.21. The molecule has 0 unspecified atom stereocenters. The van der Waals surface area contributed by atoms with Gasteiger partial charge in [-0.3, -0.25) is 0 Å². The van der Waals surface area contributed by atoms with E-state index in [0.29, 0.717) is 19.6 Å². The van der Waals surface area contributed by atoms with E-state index < -0.39 is 10.0 Å². The molecule has 0 fully saturated rings. The third-order valence-corrected chi connectivity index (χ3v) is 6.03. The highest BCUT2D eigenvalue weighted by atomic mass is 35.5. The van der Waals surface area contributed by atoms with Crippen LogP contribution in [0.2, 0.25) is 5.02 Å². The molecule has 0 radical (unpaired) electrons. The summed E-state index contributed by atoms with van der Waals surface area (Å²) in [7, 11) is 0.178. The zero-order chi connectivity index (χ0) is 17.7. The lowest BCUT2D eigenvalue weighted by molar-refractivity contribution is 0.329. The molecule has 0 aliphatic heterocycles. The third kappa shape index (κ3) is 5.97. The first kappa shape index (κ1) is 21.9. The second-order valence-electron chi connectivity index (χ2n) is 6.06. The van der Waals surface area contributed by atoms with Gasteiger partial charge in [-0.05, 0) is 44.3 Å². The molecule has 0 aliphatic rings. The van der Waals surface area contributed by atoms with Crippen LogP contribution in [-0.2, 0) is 16.6 Å². The molecule has 0 aliphatic carbocycles. The Morgan fingerprint density at radius 3 is 2.20 bits per heavy atom. The zero-order valence-corrected chi connectivity index (χ0v) is 17.0. The van der Waals surface area contributed by atoms with Crippen LogP contribution in [0.3, 0.4) is 0 Å². The molecule has 138 valence electrons. The Kier molecular flexibility index (Phi) is 8.38. The fraction of sp³-hybridized carbons (Fsp3) is 0.333. The minimum Gasteiger partial charge on any atom is -0.308 e. The van der Waals surface area contributed by atoms with E-state index >= 15 is 0 Å². The molecule has 2 aromatic rings. The first-order valence-corrected chi connectivity index (χ1v) is 9.57. The molecule has 0 N–H and O–H groups in total. The first-order chi connectivity index (χ1) is 11.3. The summed E-state index contributed by atoms with van der Waals surface area (Å²) in [5.41, 5.74) is 1.88. The van der Waals surface area contributed by atoms with E-state index in [0.717, 1.165) is 11.1 Å². The summed E-state index contributed by atoms with van der Waals surface area (Å²) in [6, 6.07) is 14.6. The fourth-order valence-electron chi connectivity index (χ4n) is 2.34. The Hall–Kier alpha value is -1.11. The highest BCUT2D eigenvalue weighted by Gasteiger charge is 2.26. The van der Waals surface area contributed by atoms with E-state index in [1.54, 1.807) is 18.2 Å². The van der Waals surface area contributed by atoms with Crippen LogP contribution in [0, 0.1) is 6.92 Å². The predicted octanol–water partition coefficient (Wildman–Crippen LogP) is 3.82. The molecule has 0 spiro atoms. The molecule has 0 aromatic heterocycles. The van der Waals surface area contributed by atoms with Gasteiger partial charge in [0.25, 0.3) is 0 Å². The highest BCUT2D eigenvalue weighted by molar-refractivity contribution is 7.89. The van der Waals surface area contributed by atoms with E-state index in [-0.39, 0.29) is 22.3 Å². The van der Waals surface area contributed by atoms with Gasteiger partial charge in [-0.15, -0.1) is 12.4 Å². The number of rotatable bonds is 7. The lowest BCUT2D eigenvalue weighted by Crippen LogP contribution is -2.36. The number of hydrogen-bond acceptors (Lipinski definition) is 3. The quantitative estimate of drug-likeness (QED) is 0.706. The van der Waals surface area contributed by atoms with Crippen LogP contribution >= 0.6 is 24.0 Å². The van der Waals surface area contributed by atoms with Gasteiger partial charge in [-0.1, -0.05) is 48.0 Å². The van der Waals surface area contributed by atoms with Gasteiger partial charge in [0.2, 0.25) is 10.0 Å². The Labute approximate surface area is 161 Å². The second kappa shape index (κ2) is 9.55. The maximum absolute atomic E-state index is 13.1. The van der Waals surface area contributed by atoms with E-state index in [2.05, 4.69) is 0 Å². The van der Waals surface area contributed by atoms with E-state index in [1.807, 2.05) is 56.3 Å². The lowest BCUT2D eigenvalue weighted by Gasteiger charge is -2.24. The van der Waals surface area contributed by atoms with Crippen molar-refractivity contribution < 1.29 is 8.42 Å². The Balaban J connectivity index is 0.00000312. The van der Waals surface area contributed by atoms with Crippen molar-refractivity contribution in [3.05, 3.63) is 64.7 Å². The van der Waals surface area contributed by atoms with E-state index in [1.165, 1.54) is 4.31 Å². The van der Waals surface area contributed by atoms with Crippen molar-refractivity contribution in [2.75, 3.05) is 27.2 Å². The van der Waals surface area contributed by atoms with E-state index in [4.69, 9.17) is 11.6 Å². The molecule has 2 rings (SSSR count). The fourth-order valence-corrected chi connectivity index (χ4v) is 4.33. The molecule has 7 heteroatoms. The number of likely N-dealkylation sites (N-methyl/N-ethyl adjacent to an activating group) is 1. The highest BCUT2D eigenvalue weighted by Crippen LogP contribution is 2.26. The topological polar surface area (TPSA) is 40.6 Å². The molecule has 0 heterocycles. The van der Waals surface area contributed by atoms with Crippen molar-refractivity contribution in [1.82, 2.24) is 9.21 Å². The molecule has 4 nitrogen and oxygen atoms in total. The van der Waals surface area contributed by atoms with Crippen LogP contribution in [0.5, 0.6) is 0 Å². The molecule has 0 atom stereocenters. The normalized spacial score (nSPS) is 11.6. The van der Waals surface area contributed by atoms with Crippen LogP contribution in [-0.4, -0.2) is 44.8 Å². The SMILES string of the molecule is Cc1ccc(S(=O)(=O)N(CCN(C)C)Cc2ccccc2)c(Cl)c1.Cl. The smallest absolute Gasteiger partial charge is 0.244 e. The van der Waals surface area contributed by atoms with Gasteiger partial charge >= 0.3 is 0 Å². The van der Waals surface area contributed by atoms with Gasteiger partial charge < -0.3 is 4.90 Å². The minimum atomic E-state index is -3.67. The number of sulfonamides is 1. The number of halogens is 2. The summed E-state index contributed by atoms with van der Waals surface area (Å²) < 4.78 is 27.7. The summed E-state index contributed by atoms with van der Waals surface area (Å²) in [4.78, 5) is 2.12. The standard InChI is InChI=1S/C18H23ClN2O2S.ClH/c1-15-9-10-18(17(19)13-15)24(22,23)21(12-11-20(2)3)14-16-7-5-4-6-8-16;/h4-10,13H,11-12,14H2,1-3H3;1H. The van der Waals surface area contributed by atoms with Gasteiger partial charge in [0.05, 0.1) is 5.02 Å². The second-order valence-corrected chi connectivity index (χ2v) is 8.37. The van der Waals surface area contributed by atoms with Crippen molar-refractivity contribution in [3.8, 4) is 0 Å². The van der Waals surface area contributed by atoms with Crippen LogP contribution in [0.15, 0.2) is 53.4 Å². The maximum Gasteiger partial charge on any atom is 0.244 e. The summed E-state index contributed by atoms with van der Waals surface area (Å²) in [5, 5.41) is 0.262. The third-order valence-electron chi connectivity index (χ3n) is 3.70. The number of nitrogens with zero attached hydrogens (tertiary/aromatic N) is 2. The number of hydrogen-bond donors (Lipinski definition) is 0. The average molecular weight is 403 g/mol. The van der Waals surface area contributed by atoms with Crippen LogP contribution in [0.25, 0.3) is 0 Å². The van der Waals surface area contributed by atoms with Crippen molar-refractivity contribution in [1.29, 1.82) is 0 Å². The van der Waals surface area contributed by atoms with Gasteiger partial charge in [0.15, 0.2) is 0 Å². The molecule has 0 bridgehead atoms. The summed E-state index contributed by atoms with van der Waals surface area (Å²) in [6.45, 7) is 3.24. The van der Waals surface area contributed by atoms with Crippen molar-refractivity contribution in [3.63, 3.8) is 0 Å². The van der Waals surface area contributed by atoms with Crippen LogP contribution < -0.4 is 0 Å². The molecular weight excluding hydrogens is 379 g/mol. The summed E-state index contributed by atoms with van der Waals surface area (Å²) in [5.74, 6) is 0. The zero-order valence-electron chi connectivity index (χ0n) is 14.6. The molecule has 25 heavy (non-hydrogen) atoms. The van der Waals surface area contributed by atoms with Crippen molar-refractivity contribution >= 4 is 34.0 Å². The Morgan fingerprint density at radius 2 is 1.64 bits per heavy atom. The van der Waals surface area contributed by atoms with Gasteiger partial charge in [-0.2, -0.15) is 4.31 Å². The molecular formula is C18H24Cl2N2O2S. The molecule has 0 amide bonds. The number of benzene rings is 2. The maximum atomic E-state index is 13.1. The monoisotopic (exact) mass is 402 g/mol. The van der Waals surface area contributed by atoms with Crippen LogP contribution in [0.1, 0.15) is 11.1 Å². The largest absolute Gasteiger partial charge is 0.308 e. The Morgan fingerprint density at radius 1 is 1.00 bits per heavy atom. The Bertz CT molecular complexity index is 781. The van der Waals surface area contributed by atoms with E-state index in [9.17, 15) is 8.42 Å². The van der Waals surface area contributed by atoms with Crippen molar-refractivity contribution in [2.45, 2.75) is 18.4 Å². The van der Waals surface area contributed by atoms with Crippen molar-refractivity contribution in [2.24, 2.45) is 0 Å². The molecule has 0 saturated carbocycles. The summed E-state index contributed by atoms with van der Waals surface area (Å²) in [6.07, 6.45) is 0. The van der Waals surface area contributed by atoms with Gasteiger partial charge in [0.1, 0.15) is 4.90 Å². The predicted molar refractivity (Wildman–Crippen MR) is 106 cm³/mol. The van der Waals surface area contributed by atoms with Gasteiger partial charge in [-0.25, -0.2) is 8.42 Å². The average Bonchev–Trinajstić information content (AvgIpc) is 2.51. The lowest BCUT2D eigenvalue weighted by atomic mass is 10.2. The molecule has 2 aromatic carbocycles. The minimum absolute atomic E-state index is 0.